The van der Waals surface area contributed by atoms with E-state index < -0.39 is 5.82 Å². The Morgan fingerprint density at radius 3 is 2.87 bits per heavy atom. The van der Waals surface area contributed by atoms with Crippen molar-refractivity contribution < 1.29 is 9.13 Å². The van der Waals surface area contributed by atoms with E-state index in [1.807, 2.05) is 7.05 Å². The van der Waals surface area contributed by atoms with Crippen LogP contribution >= 0.6 is 11.6 Å². The Balaban J connectivity index is 2.47. The van der Waals surface area contributed by atoms with E-state index in [9.17, 15) is 4.39 Å². The number of rotatable bonds is 5. The second kappa shape index (κ2) is 5.93. The van der Waals surface area contributed by atoms with Crippen molar-refractivity contribution in [1.82, 2.24) is 5.32 Å². The molecule has 0 bridgehead atoms. The molecule has 1 rings (SSSR count). The summed E-state index contributed by atoms with van der Waals surface area (Å²) in [6.07, 6.45) is 0. The molecule has 2 nitrogen and oxygen atoms in total. The van der Waals surface area contributed by atoms with E-state index in [2.05, 4.69) is 12.2 Å². The summed E-state index contributed by atoms with van der Waals surface area (Å²) in [5.74, 6) is 0.448. The van der Waals surface area contributed by atoms with Gasteiger partial charge in [-0.25, -0.2) is 4.39 Å². The van der Waals surface area contributed by atoms with Gasteiger partial charge in [0.2, 0.25) is 0 Å². The Bertz CT molecular complexity index is 319. The first-order chi connectivity index (χ1) is 7.13. The van der Waals surface area contributed by atoms with Crippen LogP contribution in [0.3, 0.4) is 0 Å². The van der Waals surface area contributed by atoms with Gasteiger partial charge in [0.15, 0.2) is 0 Å². The lowest BCUT2D eigenvalue weighted by Crippen LogP contribution is -2.21. The van der Waals surface area contributed by atoms with Crippen molar-refractivity contribution in [3.8, 4) is 5.75 Å². The van der Waals surface area contributed by atoms with E-state index in [0.29, 0.717) is 18.3 Å². The molecular formula is C11H15ClFNO. The summed E-state index contributed by atoms with van der Waals surface area (Å²) in [6.45, 7) is 3.49. The first-order valence-electron chi connectivity index (χ1n) is 4.86. The first kappa shape index (κ1) is 12.3. The van der Waals surface area contributed by atoms with Crippen molar-refractivity contribution in [1.29, 1.82) is 0 Å². The first-order valence-corrected chi connectivity index (χ1v) is 5.23. The van der Waals surface area contributed by atoms with Crippen LogP contribution in [0.5, 0.6) is 5.75 Å². The summed E-state index contributed by atoms with van der Waals surface area (Å²) in [4.78, 5) is 0. The molecule has 15 heavy (non-hydrogen) atoms. The van der Waals surface area contributed by atoms with Gasteiger partial charge in [-0.15, -0.1) is 0 Å². The molecule has 1 N–H and O–H groups in total. The summed E-state index contributed by atoms with van der Waals surface area (Å²) in [7, 11) is 1.89. The van der Waals surface area contributed by atoms with Crippen LogP contribution in [-0.2, 0) is 0 Å². The van der Waals surface area contributed by atoms with E-state index in [4.69, 9.17) is 16.3 Å². The molecule has 0 aliphatic rings. The van der Waals surface area contributed by atoms with Crippen molar-refractivity contribution in [2.75, 3.05) is 20.2 Å². The zero-order valence-electron chi connectivity index (χ0n) is 8.89. The maximum Gasteiger partial charge on any atom is 0.145 e. The minimum atomic E-state index is -0.449. The van der Waals surface area contributed by atoms with E-state index >= 15 is 0 Å². The number of hydrogen-bond donors (Lipinski definition) is 1. The largest absolute Gasteiger partial charge is 0.493 e. The number of hydrogen-bond acceptors (Lipinski definition) is 2. The lowest BCUT2D eigenvalue weighted by Gasteiger charge is -2.12. The van der Waals surface area contributed by atoms with Gasteiger partial charge in [-0.05, 0) is 19.2 Å². The van der Waals surface area contributed by atoms with Gasteiger partial charge in [-0.1, -0.05) is 18.5 Å². The second-order valence-electron chi connectivity index (χ2n) is 3.55. The SMILES string of the molecule is CNCC(C)COc1ccc(Cl)c(F)c1. The maximum absolute atomic E-state index is 13.0. The number of nitrogens with one attached hydrogen (secondary N) is 1. The second-order valence-corrected chi connectivity index (χ2v) is 3.96. The topological polar surface area (TPSA) is 21.3 Å². The van der Waals surface area contributed by atoms with Gasteiger partial charge in [0.05, 0.1) is 11.6 Å². The van der Waals surface area contributed by atoms with Crippen LogP contribution in [0.4, 0.5) is 4.39 Å². The Kier molecular flexibility index (Phi) is 4.85. The summed E-state index contributed by atoms with van der Waals surface area (Å²) < 4.78 is 18.4. The average molecular weight is 232 g/mol. The molecule has 1 unspecified atom stereocenters. The predicted octanol–water partition coefficient (Wildman–Crippen LogP) is 2.71. The zero-order chi connectivity index (χ0) is 11.3. The van der Waals surface area contributed by atoms with E-state index in [0.717, 1.165) is 6.54 Å². The maximum atomic E-state index is 13.0. The number of ether oxygens (including phenoxy) is 1. The molecule has 0 amide bonds. The van der Waals surface area contributed by atoms with Crippen molar-refractivity contribution in [2.24, 2.45) is 5.92 Å². The Morgan fingerprint density at radius 1 is 1.53 bits per heavy atom. The number of benzene rings is 1. The molecule has 84 valence electrons. The van der Waals surface area contributed by atoms with Crippen LogP contribution in [0.2, 0.25) is 5.02 Å². The third-order valence-corrected chi connectivity index (χ3v) is 2.28. The highest BCUT2D eigenvalue weighted by Crippen LogP contribution is 2.20. The molecule has 0 heterocycles. The molecule has 0 aliphatic carbocycles. The van der Waals surface area contributed by atoms with Crippen LogP contribution < -0.4 is 10.1 Å². The van der Waals surface area contributed by atoms with Crippen molar-refractivity contribution in [2.45, 2.75) is 6.92 Å². The molecule has 0 saturated carbocycles. The third kappa shape index (κ3) is 4.06. The molecule has 1 aromatic carbocycles. The van der Waals surface area contributed by atoms with Gasteiger partial charge < -0.3 is 10.1 Å². The van der Waals surface area contributed by atoms with Gasteiger partial charge >= 0.3 is 0 Å². The molecule has 0 saturated heterocycles. The van der Waals surface area contributed by atoms with Gasteiger partial charge in [-0.2, -0.15) is 0 Å². The quantitative estimate of drug-likeness (QED) is 0.842. The lowest BCUT2D eigenvalue weighted by atomic mass is 10.2. The highest BCUT2D eigenvalue weighted by Gasteiger charge is 2.04. The molecule has 0 spiro atoms. The normalized spacial score (nSPS) is 12.5. The Morgan fingerprint density at radius 2 is 2.27 bits per heavy atom. The summed E-state index contributed by atoms with van der Waals surface area (Å²) in [5, 5.41) is 3.17. The fourth-order valence-electron chi connectivity index (χ4n) is 1.21. The summed E-state index contributed by atoms with van der Waals surface area (Å²) in [5.41, 5.74) is 0. The molecule has 4 heteroatoms. The molecule has 1 aromatic rings. The van der Waals surface area contributed by atoms with E-state index in [-0.39, 0.29) is 5.02 Å². The average Bonchev–Trinajstić information content (AvgIpc) is 2.20. The Labute approximate surface area is 94.4 Å². The van der Waals surface area contributed by atoms with Crippen LogP contribution in [0.15, 0.2) is 18.2 Å². The molecule has 0 fully saturated rings. The summed E-state index contributed by atoms with van der Waals surface area (Å²) >= 11 is 5.55. The van der Waals surface area contributed by atoms with Crippen molar-refractivity contribution in [3.63, 3.8) is 0 Å². The third-order valence-electron chi connectivity index (χ3n) is 1.98. The molecule has 1 atom stereocenters. The Hall–Kier alpha value is -0.800. The summed E-state index contributed by atoms with van der Waals surface area (Å²) in [6, 6.07) is 4.46. The van der Waals surface area contributed by atoms with Crippen molar-refractivity contribution >= 4 is 11.6 Å². The van der Waals surface area contributed by atoms with Gasteiger partial charge in [0.25, 0.3) is 0 Å². The van der Waals surface area contributed by atoms with Crippen LogP contribution in [0.1, 0.15) is 6.92 Å². The minimum absolute atomic E-state index is 0.116. The minimum Gasteiger partial charge on any atom is -0.493 e. The fourth-order valence-corrected chi connectivity index (χ4v) is 1.33. The molecule has 0 radical (unpaired) electrons. The fraction of sp³-hybridized carbons (Fsp3) is 0.455. The van der Waals surface area contributed by atoms with E-state index in [1.54, 1.807) is 6.07 Å². The van der Waals surface area contributed by atoms with Gasteiger partial charge in [0.1, 0.15) is 11.6 Å². The lowest BCUT2D eigenvalue weighted by molar-refractivity contribution is 0.257. The highest BCUT2D eigenvalue weighted by atomic mass is 35.5. The molecule has 0 aliphatic heterocycles. The van der Waals surface area contributed by atoms with Gasteiger partial charge in [-0.3, -0.25) is 0 Å². The van der Waals surface area contributed by atoms with Crippen LogP contribution in [-0.4, -0.2) is 20.2 Å². The molecule has 0 aromatic heterocycles. The molecular weight excluding hydrogens is 217 g/mol. The van der Waals surface area contributed by atoms with Crippen LogP contribution in [0.25, 0.3) is 0 Å². The van der Waals surface area contributed by atoms with Crippen LogP contribution in [0, 0.1) is 11.7 Å². The van der Waals surface area contributed by atoms with Crippen molar-refractivity contribution in [3.05, 3.63) is 29.0 Å². The number of halogens is 2. The van der Waals surface area contributed by atoms with Gasteiger partial charge in [0, 0.05) is 18.5 Å². The monoisotopic (exact) mass is 231 g/mol. The standard InChI is InChI=1S/C11H15ClFNO/c1-8(6-14-2)7-15-9-3-4-10(12)11(13)5-9/h3-5,8,14H,6-7H2,1-2H3. The smallest absolute Gasteiger partial charge is 0.145 e. The van der Waals surface area contributed by atoms with E-state index in [1.165, 1.54) is 12.1 Å². The zero-order valence-corrected chi connectivity index (χ0v) is 9.64. The predicted molar refractivity (Wildman–Crippen MR) is 60.0 cm³/mol. The highest BCUT2D eigenvalue weighted by molar-refractivity contribution is 6.30.